The van der Waals surface area contributed by atoms with Crippen LogP contribution in [0.5, 0.6) is 0 Å². The molecule has 0 saturated heterocycles. The lowest BCUT2D eigenvalue weighted by atomic mass is 9.92. The maximum atomic E-state index is 5.01. The molecule has 2 aromatic heterocycles. The number of fused-ring (bicyclic) bond motifs is 9. The highest BCUT2D eigenvalue weighted by atomic mass is 32.1. The molecule has 9 rings (SSSR count). The minimum atomic E-state index is 0.652. The Kier molecular flexibility index (Phi) is 6.22. The van der Waals surface area contributed by atoms with Gasteiger partial charge in [0.2, 0.25) is 0 Å². The molecule has 0 spiro atoms. The molecule has 0 fully saturated rings. The van der Waals surface area contributed by atoms with Crippen LogP contribution in [0.3, 0.4) is 0 Å². The molecular weight excluding hydrogens is 579 g/mol. The zero-order valence-electron chi connectivity index (χ0n) is 25.1. The van der Waals surface area contributed by atoms with Crippen molar-refractivity contribution in [2.24, 2.45) is 0 Å². The van der Waals surface area contributed by atoms with Gasteiger partial charge in [0.1, 0.15) is 0 Å². The van der Waals surface area contributed by atoms with E-state index in [4.69, 9.17) is 15.0 Å². The molecule has 0 bridgehead atoms. The summed E-state index contributed by atoms with van der Waals surface area (Å²) in [6.07, 6.45) is 3.91. The van der Waals surface area contributed by atoms with E-state index in [2.05, 4.69) is 103 Å². The molecule has 4 heteroatoms. The summed E-state index contributed by atoms with van der Waals surface area (Å²) in [7, 11) is 0. The van der Waals surface area contributed by atoms with Gasteiger partial charge >= 0.3 is 0 Å². The number of rotatable bonds is 4. The zero-order chi connectivity index (χ0) is 30.6. The number of benzene rings is 7. The second-order valence-corrected chi connectivity index (χ2v) is 12.6. The molecule has 0 aliphatic heterocycles. The lowest BCUT2D eigenvalue weighted by molar-refractivity contribution is 1.05. The molecule has 0 radical (unpaired) electrons. The van der Waals surface area contributed by atoms with Crippen LogP contribution in [0.2, 0.25) is 0 Å². The number of thiophene rings is 1. The number of allylic oxidation sites excluding steroid dienone is 1. The van der Waals surface area contributed by atoms with Crippen molar-refractivity contribution < 1.29 is 0 Å². The lowest BCUT2D eigenvalue weighted by Gasteiger charge is -2.12. The van der Waals surface area contributed by atoms with Gasteiger partial charge < -0.3 is 0 Å². The SMILES string of the molecule is C/C=C/c1nc(-c2ccccc2)nc(-c2cccc3sc4ccc(-c5ccc6c7ccccc7c7ccccc7c6c5)cc4c23)n1. The summed E-state index contributed by atoms with van der Waals surface area (Å²) in [5.74, 6) is 2.01. The Balaban J connectivity index is 1.26. The average molecular weight is 606 g/mol. The quantitative estimate of drug-likeness (QED) is 0.187. The van der Waals surface area contributed by atoms with Crippen molar-refractivity contribution in [1.29, 1.82) is 0 Å². The van der Waals surface area contributed by atoms with Crippen LogP contribution in [0.1, 0.15) is 12.7 Å². The van der Waals surface area contributed by atoms with Crippen molar-refractivity contribution in [2.75, 3.05) is 0 Å². The minimum absolute atomic E-state index is 0.652. The summed E-state index contributed by atoms with van der Waals surface area (Å²) in [4.78, 5) is 14.7. The van der Waals surface area contributed by atoms with Gasteiger partial charge in [-0.05, 0) is 80.7 Å². The molecule has 0 unspecified atom stereocenters. The third-order valence-electron chi connectivity index (χ3n) is 8.81. The highest BCUT2D eigenvalue weighted by Crippen LogP contribution is 2.42. The first kappa shape index (κ1) is 26.7. The third kappa shape index (κ3) is 4.30. The van der Waals surface area contributed by atoms with Crippen LogP contribution >= 0.6 is 11.3 Å². The van der Waals surface area contributed by atoms with E-state index in [-0.39, 0.29) is 0 Å². The van der Waals surface area contributed by atoms with Crippen molar-refractivity contribution in [3.05, 3.63) is 145 Å². The van der Waals surface area contributed by atoms with Gasteiger partial charge in [0.05, 0.1) is 0 Å². The van der Waals surface area contributed by atoms with Crippen molar-refractivity contribution in [2.45, 2.75) is 6.92 Å². The van der Waals surface area contributed by atoms with Crippen molar-refractivity contribution >= 4 is 69.9 Å². The topological polar surface area (TPSA) is 38.7 Å². The molecular formula is C42H27N3S. The van der Waals surface area contributed by atoms with E-state index < -0.39 is 0 Å². The first-order chi connectivity index (χ1) is 22.7. The van der Waals surface area contributed by atoms with Crippen LogP contribution in [0.4, 0.5) is 0 Å². The van der Waals surface area contributed by atoms with Gasteiger partial charge in [-0.1, -0.05) is 115 Å². The summed E-state index contributed by atoms with van der Waals surface area (Å²) >= 11 is 1.81. The Morgan fingerprint density at radius 3 is 1.78 bits per heavy atom. The lowest BCUT2D eigenvalue weighted by Crippen LogP contribution is -2.00. The van der Waals surface area contributed by atoms with E-state index in [1.807, 2.05) is 60.7 Å². The molecule has 3 nitrogen and oxygen atoms in total. The first-order valence-electron chi connectivity index (χ1n) is 15.5. The average Bonchev–Trinajstić information content (AvgIpc) is 3.50. The van der Waals surface area contributed by atoms with Gasteiger partial charge in [0.15, 0.2) is 17.5 Å². The molecule has 0 N–H and O–H groups in total. The first-order valence-corrected chi connectivity index (χ1v) is 16.3. The van der Waals surface area contributed by atoms with Crippen LogP contribution in [-0.2, 0) is 0 Å². The van der Waals surface area contributed by atoms with E-state index >= 15 is 0 Å². The second kappa shape index (κ2) is 10.7. The fourth-order valence-corrected chi connectivity index (χ4v) is 7.85. The highest BCUT2D eigenvalue weighted by Gasteiger charge is 2.17. The van der Waals surface area contributed by atoms with E-state index in [1.54, 1.807) is 0 Å². The van der Waals surface area contributed by atoms with Gasteiger partial charge in [-0.3, -0.25) is 0 Å². The van der Waals surface area contributed by atoms with E-state index in [0.717, 1.165) is 11.1 Å². The fraction of sp³-hybridized carbons (Fsp3) is 0.0238. The van der Waals surface area contributed by atoms with Crippen LogP contribution in [0, 0.1) is 0 Å². The molecule has 0 aliphatic rings. The minimum Gasteiger partial charge on any atom is -0.209 e. The standard InChI is InChI=1S/C42H27N3S/c1-2-11-39-43-41(26-12-4-3-5-13-26)45-42(44-39)34-18-10-19-38-40(34)36-25-28(21-23-37(36)46-38)27-20-22-33-31-16-7-6-14-29(31)30-15-8-9-17-32(30)35(33)24-27/h2-25H,1H3/b11-2+. The normalized spacial score (nSPS) is 11.9. The molecule has 0 aliphatic carbocycles. The smallest absolute Gasteiger partial charge is 0.164 e. The van der Waals surface area contributed by atoms with Crippen LogP contribution in [0.15, 0.2) is 140 Å². The Morgan fingerprint density at radius 1 is 0.457 bits per heavy atom. The second-order valence-electron chi connectivity index (χ2n) is 11.6. The molecule has 7 aromatic carbocycles. The van der Waals surface area contributed by atoms with Crippen molar-refractivity contribution in [3.63, 3.8) is 0 Å². The highest BCUT2D eigenvalue weighted by molar-refractivity contribution is 7.26. The molecule has 0 saturated carbocycles. The van der Waals surface area contributed by atoms with Gasteiger partial charge in [-0.25, -0.2) is 15.0 Å². The van der Waals surface area contributed by atoms with E-state index in [1.165, 1.54) is 63.6 Å². The van der Waals surface area contributed by atoms with E-state index in [9.17, 15) is 0 Å². The number of hydrogen-bond acceptors (Lipinski definition) is 4. The Morgan fingerprint density at radius 2 is 1.07 bits per heavy atom. The van der Waals surface area contributed by atoms with Crippen LogP contribution in [-0.4, -0.2) is 15.0 Å². The van der Waals surface area contributed by atoms with Crippen LogP contribution in [0.25, 0.3) is 92.5 Å². The Hall–Kier alpha value is -5.71. The summed E-state index contributed by atoms with van der Waals surface area (Å²) in [6.45, 7) is 1.98. The number of aromatic nitrogens is 3. The monoisotopic (exact) mass is 605 g/mol. The van der Waals surface area contributed by atoms with Gasteiger partial charge in [-0.15, -0.1) is 11.3 Å². The zero-order valence-corrected chi connectivity index (χ0v) is 25.9. The predicted molar refractivity (Wildman–Crippen MR) is 196 cm³/mol. The molecule has 216 valence electrons. The maximum Gasteiger partial charge on any atom is 0.164 e. The van der Waals surface area contributed by atoms with Gasteiger partial charge in [0, 0.05) is 31.3 Å². The van der Waals surface area contributed by atoms with Gasteiger partial charge in [0.25, 0.3) is 0 Å². The summed E-state index contributed by atoms with van der Waals surface area (Å²) in [6, 6.07) is 47.8. The predicted octanol–water partition coefficient (Wildman–Crippen LogP) is 11.7. The largest absolute Gasteiger partial charge is 0.209 e. The molecule has 46 heavy (non-hydrogen) atoms. The fourth-order valence-electron chi connectivity index (χ4n) is 6.73. The Bertz CT molecular complexity index is 2620. The summed E-state index contributed by atoms with van der Waals surface area (Å²) in [5, 5.41) is 10.1. The van der Waals surface area contributed by atoms with Crippen molar-refractivity contribution in [3.8, 4) is 33.9 Å². The third-order valence-corrected chi connectivity index (χ3v) is 9.95. The summed E-state index contributed by atoms with van der Waals surface area (Å²) < 4.78 is 2.46. The number of hydrogen-bond donors (Lipinski definition) is 0. The Labute approximate surface area is 270 Å². The van der Waals surface area contributed by atoms with Crippen LogP contribution < -0.4 is 0 Å². The van der Waals surface area contributed by atoms with Crippen molar-refractivity contribution in [1.82, 2.24) is 15.0 Å². The molecule has 9 aromatic rings. The maximum absolute atomic E-state index is 5.01. The molecule has 0 atom stereocenters. The molecule has 2 heterocycles. The number of nitrogens with zero attached hydrogens (tertiary/aromatic N) is 3. The molecule has 0 amide bonds. The van der Waals surface area contributed by atoms with E-state index in [0.29, 0.717) is 17.5 Å². The van der Waals surface area contributed by atoms with Gasteiger partial charge in [-0.2, -0.15) is 0 Å². The summed E-state index contributed by atoms with van der Waals surface area (Å²) in [5.41, 5.74) is 4.38.